The molecule has 1 aromatic rings. The first-order valence-corrected chi connectivity index (χ1v) is 4.20. The van der Waals surface area contributed by atoms with E-state index in [9.17, 15) is 0 Å². The maximum absolute atomic E-state index is 5.66. The summed E-state index contributed by atoms with van der Waals surface area (Å²) in [6, 6.07) is 4.38. The zero-order chi connectivity index (χ0) is 8.39. The predicted octanol–water partition coefficient (Wildman–Crippen LogP) is 1.44. The van der Waals surface area contributed by atoms with Crippen molar-refractivity contribution in [1.29, 1.82) is 0 Å². The lowest BCUT2D eigenvalue weighted by atomic mass is 10.2. The Labute approximate surface area is 72.1 Å². The summed E-state index contributed by atoms with van der Waals surface area (Å²) in [6.07, 6.45) is 9.02. The molecule has 0 spiro atoms. The molecule has 2 unspecified atom stereocenters. The second-order valence-electron chi connectivity index (χ2n) is 3.21. The number of hydrogen-bond donors (Lipinski definition) is 1. The van der Waals surface area contributed by atoms with E-state index in [-0.39, 0.29) is 0 Å². The Balaban J connectivity index is 1.99. The molecular weight excluding hydrogens is 148 g/mol. The lowest BCUT2D eigenvalue weighted by Gasteiger charge is -1.89. The molecule has 0 amide bonds. The first-order valence-electron chi connectivity index (χ1n) is 4.20. The maximum Gasteiger partial charge on any atom is 0.0340 e. The summed E-state index contributed by atoms with van der Waals surface area (Å²) in [6.45, 7) is 0. The Morgan fingerprint density at radius 3 is 3.00 bits per heavy atom. The molecule has 1 heterocycles. The molecular formula is C10H12N2. The number of nitrogens with zero attached hydrogens (tertiary/aromatic N) is 1. The molecule has 1 saturated carbocycles. The van der Waals surface area contributed by atoms with Crippen molar-refractivity contribution in [2.24, 2.45) is 11.7 Å². The van der Waals surface area contributed by atoms with Crippen LogP contribution in [0.25, 0.3) is 6.08 Å². The van der Waals surface area contributed by atoms with Gasteiger partial charge < -0.3 is 5.73 Å². The normalized spacial score (nSPS) is 27.8. The van der Waals surface area contributed by atoms with Gasteiger partial charge in [0.05, 0.1) is 0 Å². The van der Waals surface area contributed by atoms with Gasteiger partial charge in [-0.2, -0.15) is 0 Å². The molecule has 0 aromatic carbocycles. The summed E-state index contributed by atoms with van der Waals surface area (Å²) in [5.74, 6) is 0.602. The second kappa shape index (κ2) is 3.07. The third kappa shape index (κ3) is 1.71. The van der Waals surface area contributed by atoms with Gasteiger partial charge in [0.15, 0.2) is 0 Å². The summed E-state index contributed by atoms with van der Waals surface area (Å²) in [4.78, 5) is 4.02. The first-order chi connectivity index (χ1) is 5.86. The van der Waals surface area contributed by atoms with E-state index in [0.717, 1.165) is 12.0 Å². The van der Waals surface area contributed by atoms with Crippen molar-refractivity contribution in [2.45, 2.75) is 12.5 Å². The third-order valence-corrected chi connectivity index (χ3v) is 2.11. The molecule has 0 bridgehead atoms. The highest BCUT2D eigenvalue weighted by atomic mass is 14.7. The van der Waals surface area contributed by atoms with Gasteiger partial charge in [-0.1, -0.05) is 18.2 Å². The third-order valence-electron chi connectivity index (χ3n) is 2.11. The zero-order valence-electron chi connectivity index (χ0n) is 6.85. The average Bonchev–Trinajstić information content (AvgIpc) is 2.81. The molecule has 1 fully saturated rings. The largest absolute Gasteiger partial charge is 0.327 e. The molecule has 0 saturated heterocycles. The van der Waals surface area contributed by atoms with E-state index < -0.39 is 0 Å². The van der Waals surface area contributed by atoms with Crippen molar-refractivity contribution < 1.29 is 0 Å². The van der Waals surface area contributed by atoms with E-state index in [4.69, 9.17) is 5.73 Å². The number of aromatic nitrogens is 1. The van der Waals surface area contributed by atoms with Crippen LogP contribution in [-0.2, 0) is 0 Å². The van der Waals surface area contributed by atoms with E-state index in [0.29, 0.717) is 12.0 Å². The van der Waals surface area contributed by atoms with Gasteiger partial charge >= 0.3 is 0 Å². The van der Waals surface area contributed by atoms with E-state index in [1.807, 2.05) is 18.3 Å². The lowest BCUT2D eigenvalue weighted by Crippen LogP contribution is -1.99. The van der Waals surface area contributed by atoms with Crippen LogP contribution >= 0.6 is 0 Å². The highest BCUT2D eigenvalue weighted by Gasteiger charge is 2.30. The summed E-state index contributed by atoms with van der Waals surface area (Å²) >= 11 is 0. The van der Waals surface area contributed by atoms with Gasteiger partial charge in [0.1, 0.15) is 0 Å². The topological polar surface area (TPSA) is 38.9 Å². The van der Waals surface area contributed by atoms with Gasteiger partial charge in [-0.15, -0.1) is 0 Å². The first kappa shape index (κ1) is 7.50. The number of hydrogen-bond acceptors (Lipinski definition) is 2. The fraction of sp³-hybridized carbons (Fsp3) is 0.300. The van der Waals surface area contributed by atoms with Crippen molar-refractivity contribution in [2.75, 3.05) is 0 Å². The van der Waals surface area contributed by atoms with Gasteiger partial charge in [0.25, 0.3) is 0 Å². The van der Waals surface area contributed by atoms with Gasteiger partial charge in [0, 0.05) is 18.4 Å². The Morgan fingerprint density at radius 1 is 1.58 bits per heavy atom. The van der Waals surface area contributed by atoms with E-state index in [1.54, 1.807) is 6.20 Å². The van der Waals surface area contributed by atoms with Crippen LogP contribution in [0.1, 0.15) is 12.0 Å². The molecule has 2 N–H and O–H groups in total. The van der Waals surface area contributed by atoms with Crippen LogP contribution in [0.4, 0.5) is 0 Å². The predicted molar refractivity (Wildman–Crippen MR) is 49.4 cm³/mol. The Hall–Kier alpha value is -1.15. The smallest absolute Gasteiger partial charge is 0.0340 e. The summed E-state index contributed by atoms with van der Waals surface area (Å²) in [5, 5.41) is 0. The molecule has 2 rings (SSSR count). The van der Waals surface area contributed by atoms with Crippen LogP contribution in [0.3, 0.4) is 0 Å². The second-order valence-corrected chi connectivity index (χ2v) is 3.21. The molecule has 1 aromatic heterocycles. The van der Waals surface area contributed by atoms with Crippen LogP contribution in [-0.4, -0.2) is 11.0 Å². The standard InChI is InChI=1S/C10H12N2/c11-10-6-9(10)4-3-8-2-1-5-12-7-8/h1-5,7,9-10H,6,11H2/b4-3+. The van der Waals surface area contributed by atoms with Gasteiger partial charge in [-0.25, -0.2) is 0 Å². The molecule has 0 aliphatic heterocycles. The number of rotatable bonds is 2. The molecule has 12 heavy (non-hydrogen) atoms. The number of pyridine rings is 1. The molecule has 2 heteroatoms. The van der Waals surface area contributed by atoms with Crippen molar-refractivity contribution >= 4 is 6.08 Å². The van der Waals surface area contributed by atoms with Gasteiger partial charge in [-0.05, 0) is 24.0 Å². The van der Waals surface area contributed by atoms with Crippen molar-refractivity contribution in [3.63, 3.8) is 0 Å². The zero-order valence-corrected chi connectivity index (χ0v) is 6.85. The molecule has 62 valence electrons. The SMILES string of the molecule is NC1CC1/C=C/c1cccnc1. The maximum atomic E-state index is 5.66. The minimum atomic E-state index is 0.401. The fourth-order valence-electron chi connectivity index (χ4n) is 1.17. The van der Waals surface area contributed by atoms with E-state index in [1.165, 1.54) is 0 Å². The molecule has 1 aliphatic carbocycles. The quantitative estimate of drug-likeness (QED) is 0.711. The highest BCUT2D eigenvalue weighted by Crippen LogP contribution is 2.29. The minimum Gasteiger partial charge on any atom is -0.327 e. The lowest BCUT2D eigenvalue weighted by molar-refractivity contribution is 0.979. The van der Waals surface area contributed by atoms with Crippen LogP contribution in [0.2, 0.25) is 0 Å². The van der Waals surface area contributed by atoms with E-state index in [2.05, 4.69) is 17.1 Å². The monoisotopic (exact) mass is 160 g/mol. The molecule has 2 nitrogen and oxygen atoms in total. The van der Waals surface area contributed by atoms with Crippen molar-refractivity contribution in [3.05, 3.63) is 36.2 Å². The minimum absolute atomic E-state index is 0.401. The van der Waals surface area contributed by atoms with Gasteiger partial charge in [-0.3, -0.25) is 4.98 Å². The van der Waals surface area contributed by atoms with Crippen LogP contribution < -0.4 is 5.73 Å². The van der Waals surface area contributed by atoms with Crippen molar-refractivity contribution in [3.8, 4) is 0 Å². The van der Waals surface area contributed by atoms with Crippen LogP contribution in [0.15, 0.2) is 30.6 Å². The summed E-state index contributed by atoms with van der Waals surface area (Å²) in [5.41, 5.74) is 6.81. The van der Waals surface area contributed by atoms with Crippen LogP contribution in [0.5, 0.6) is 0 Å². The molecule has 2 atom stereocenters. The van der Waals surface area contributed by atoms with Gasteiger partial charge in [0.2, 0.25) is 0 Å². The number of nitrogens with two attached hydrogens (primary N) is 1. The fourth-order valence-corrected chi connectivity index (χ4v) is 1.17. The highest BCUT2D eigenvalue weighted by molar-refractivity contribution is 5.48. The average molecular weight is 160 g/mol. The van der Waals surface area contributed by atoms with Crippen molar-refractivity contribution in [1.82, 2.24) is 4.98 Å². The molecule has 0 radical (unpaired) electrons. The van der Waals surface area contributed by atoms with E-state index >= 15 is 0 Å². The van der Waals surface area contributed by atoms with Crippen LogP contribution in [0, 0.1) is 5.92 Å². The molecule has 1 aliphatic rings. The summed E-state index contributed by atoms with van der Waals surface area (Å²) < 4.78 is 0. The summed E-state index contributed by atoms with van der Waals surface area (Å²) in [7, 11) is 0. The Bertz CT molecular complexity index is 279. The Kier molecular flexibility index (Phi) is 1.92. The Morgan fingerprint density at radius 2 is 2.42 bits per heavy atom.